The van der Waals surface area contributed by atoms with E-state index in [0.29, 0.717) is 0 Å². The molecule has 2 aromatic carbocycles. The third kappa shape index (κ3) is 3.20. The molecule has 0 saturated heterocycles. The van der Waals surface area contributed by atoms with Gasteiger partial charge in [0.2, 0.25) is 0 Å². The van der Waals surface area contributed by atoms with E-state index >= 15 is 0 Å². The van der Waals surface area contributed by atoms with Crippen molar-refractivity contribution in [3.05, 3.63) is 64.2 Å². The Hall–Kier alpha value is -1.80. The van der Waals surface area contributed by atoms with E-state index in [1.54, 1.807) is 7.11 Å². The lowest BCUT2D eigenvalue weighted by atomic mass is 9.92. The maximum Gasteiger partial charge on any atom is 0.118 e. The maximum atomic E-state index is 6.39. The first-order valence-corrected chi connectivity index (χ1v) is 6.97. The lowest BCUT2D eigenvalue weighted by Crippen LogP contribution is -2.15. The molecule has 0 bridgehead atoms. The van der Waals surface area contributed by atoms with E-state index in [1.807, 2.05) is 12.1 Å². The Morgan fingerprint density at radius 3 is 2.15 bits per heavy atom. The highest BCUT2D eigenvalue weighted by Crippen LogP contribution is 2.24. The van der Waals surface area contributed by atoms with E-state index in [2.05, 4.69) is 45.0 Å². The van der Waals surface area contributed by atoms with Crippen molar-refractivity contribution < 1.29 is 4.74 Å². The Kier molecular flexibility index (Phi) is 4.46. The highest BCUT2D eigenvalue weighted by Gasteiger charge is 2.11. The molecule has 1 atom stereocenters. The Bertz CT molecular complexity index is 587. The average molecular weight is 269 g/mol. The van der Waals surface area contributed by atoms with E-state index in [-0.39, 0.29) is 6.04 Å². The molecule has 0 saturated carbocycles. The summed E-state index contributed by atoms with van der Waals surface area (Å²) >= 11 is 0. The smallest absolute Gasteiger partial charge is 0.118 e. The standard InChI is InChI=1S/C18H23NO/c1-12-9-14(3)17(10-13(12)2)18(19)11-15-5-7-16(20-4)8-6-15/h5-10,18H,11,19H2,1-4H3. The second-order valence-corrected chi connectivity index (χ2v) is 5.45. The molecule has 2 N–H and O–H groups in total. The Morgan fingerprint density at radius 1 is 0.950 bits per heavy atom. The van der Waals surface area contributed by atoms with E-state index in [4.69, 9.17) is 10.5 Å². The molecule has 0 aliphatic carbocycles. The van der Waals surface area contributed by atoms with Crippen LogP contribution in [0.2, 0.25) is 0 Å². The third-order valence-corrected chi connectivity index (χ3v) is 3.90. The summed E-state index contributed by atoms with van der Waals surface area (Å²) in [6, 6.07) is 12.6. The lowest BCUT2D eigenvalue weighted by Gasteiger charge is -2.17. The van der Waals surface area contributed by atoms with E-state index < -0.39 is 0 Å². The minimum Gasteiger partial charge on any atom is -0.497 e. The molecule has 2 aromatic rings. The van der Waals surface area contributed by atoms with Crippen LogP contribution in [0.15, 0.2) is 36.4 Å². The van der Waals surface area contributed by atoms with Crippen LogP contribution in [0.4, 0.5) is 0 Å². The van der Waals surface area contributed by atoms with Crippen LogP contribution < -0.4 is 10.5 Å². The fourth-order valence-electron chi connectivity index (χ4n) is 2.51. The van der Waals surface area contributed by atoms with Gasteiger partial charge in [0.15, 0.2) is 0 Å². The summed E-state index contributed by atoms with van der Waals surface area (Å²) in [6.07, 6.45) is 0.841. The largest absolute Gasteiger partial charge is 0.497 e. The molecule has 20 heavy (non-hydrogen) atoms. The normalized spacial score (nSPS) is 12.2. The predicted octanol–water partition coefficient (Wildman–Crippen LogP) is 3.86. The van der Waals surface area contributed by atoms with E-state index in [0.717, 1.165) is 12.2 Å². The van der Waals surface area contributed by atoms with Gasteiger partial charge in [-0.1, -0.05) is 24.3 Å². The van der Waals surface area contributed by atoms with Crippen molar-refractivity contribution in [3.8, 4) is 5.75 Å². The van der Waals surface area contributed by atoms with Gasteiger partial charge in [-0.25, -0.2) is 0 Å². The molecular weight excluding hydrogens is 246 g/mol. The van der Waals surface area contributed by atoms with Gasteiger partial charge in [0.05, 0.1) is 7.11 Å². The summed E-state index contributed by atoms with van der Waals surface area (Å²) in [4.78, 5) is 0. The molecule has 0 aromatic heterocycles. The molecule has 0 heterocycles. The van der Waals surface area contributed by atoms with Crippen LogP contribution in [0, 0.1) is 20.8 Å². The van der Waals surface area contributed by atoms with Crippen molar-refractivity contribution >= 4 is 0 Å². The Labute approximate surface area is 121 Å². The topological polar surface area (TPSA) is 35.2 Å². The summed E-state index contributed by atoms with van der Waals surface area (Å²) in [7, 11) is 1.68. The van der Waals surface area contributed by atoms with Crippen molar-refractivity contribution in [2.75, 3.05) is 7.11 Å². The number of methoxy groups -OCH3 is 1. The van der Waals surface area contributed by atoms with Gasteiger partial charge < -0.3 is 10.5 Å². The molecular formula is C18H23NO. The minimum absolute atomic E-state index is 0.0303. The zero-order chi connectivity index (χ0) is 14.7. The maximum absolute atomic E-state index is 6.39. The van der Waals surface area contributed by atoms with Crippen molar-refractivity contribution in [1.82, 2.24) is 0 Å². The molecule has 0 amide bonds. The second-order valence-electron chi connectivity index (χ2n) is 5.45. The lowest BCUT2D eigenvalue weighted by molar-refractivity contribution is 0.414. The summed E-state index contributed by atoms with van der Waals surface area (Å²) in [5, 5.41) is 0. The van der Waals surface area contributed by atoms with Gasteiger partial charge in [-0.3, -0.25) is 0 Å². The molecule has 106 valence electrons. The predicted molar refractivity (Wildman–Crippen MR) is 84.3 cm³/mol. The fourth-order valence-corrected chi connectivity index (χ4v) is 2.51. The Balaban J connectivity index is 2.18. The zero-order valence-corrected chi connectivity index (χ0v) is 12.7. The number of ether oxygens (including phenoxy) is 1. The highest BCUT2D eigenvalue weighted by atomic mass is 16.5. The number of aryl methyl sites for hydroxylation is 3. The van der Waals surface area contributed by atoms with Crippen molar-refractivity contribution in [2.24, 2.45) is 5.73 Å². The molecule has 2 rings (SSSR count). The van der Waals surface area contributed by atoms with Gasteiger partial charge in [0, 0.05) is 6.04 Å². The molecule has 0 fully saturated rings. The fraction of sp³-hybridized carbons (Fsp3) is 0.333. The quantitative estimate of drug-likeness (QED) is 0.914. The van der Waals surface area contributed by atoms with Crippen molar-refractivity contribution in [3.63, 3.8) is 0 Å². The molecule has 0 aliphatic rings. The first kappa shape index (κ1) is 14.6. The SMILES string of the molecule is COc1ccc(CC(N)c2cc(C)c(C)cc2C)cc1. The van der Waals surface area contributed by atoms with Crippen LogP contribution in [0.5, 0.6) is 5.75 Å². The van der Waals surface area contributed by atoms with Gasteiger partial charge in [-0.05, 0) is 67.1 Å². The summed E-state index contributed by atoms with van der Waals surface area (Å²) in [5.41, 5.74) is 12.8. The van der Waals surface area contributed by atoms with Gasteiger partial charge >= 0.3 is 0 Å². The minimum atomic E-state index is 0.0303. The van der Waals surface area contributed by atoms with Gasteiger partial charge in [0.25, 0.3) is 0 Å². The Morgan fingerprint density at radius 2 is 1.55 bits per heavy atom. The van der Waals surface area contributed by atoms with Crippen LogP contribution in [0.25, 0.3) is 0 Å². The molecule has 2 heteroatoms. The highest BCUT2D eigenvalue weighted by molar-refractivity contribution is 5.39. The molecule has 0 aliphatic heterocycles. The van der Waals surface area contributed by atoms with E-state index in [9.17, 15) is 0 Å². The van der Waals surface area contributed by atoms with Crippen LogP contribution >= 0.6 is 0 Å². The van der Waals surface area contributed by atoms with Gasteiger partial charge in [0.1, 0.15) is 5.75 Å². The number of rotatable bonds is 4. The van der Waals surface area contributed by atoms with E-state index in [1.165, 1.54) is 27.8 Å². The van der Waals surface area contributed by atoms with Gasteiger partial charge in [-0.2, -0.15) is 0 Å². The summed E-state index contributed by atoms with van der Waals surface area (Å²) in [5.74, 6) is 0.879. The summed E-state index contributed by atoms with van der Waals surface area (Å²) in [6.45, 7) is 6.41. The molecule has 0 spiro atoms. The number of hydrogen-bond donors (Lipinski definition) is 1. The van der Waals surface area contributed by atoms with Crippen LogP contribution in [-0.4, -0.2) is 7.11 Å². The van der Waals surface area contributed by atoms with Crippen LogP contribution in [-0.2, 0) is 6.42 Å². The first-order chi connectivity index (χ1) is 9.51. The second kappa shape index (κ2) is 6.10. The zero-order valence-electron chi connectivity index (χ0n) is 12.7. The van der Waals surface area contributed by atoms with Crippen LogP contribution in [0.1, 0.15) is 33.9 Å². The monoisotopic (exact) mass is 269 g/mol. The van der Waals surface area contributed by atoms with Gasteiger partial charge in [-0.15, -0.1) is 0 Å². The molecule has 1 unspecified atom stereocenters. The van der Waals surface area contributed by atoms with Crippen LogP contribution in [0.3, 0.4) is 0 Å². The van der Waals surface area contributed by atoms with Crippen molar-refractivity contribution in [2.45, 2.75) is 33.2 Å². The number of hydrogen-bond acceptors (Lipinski definition) is 2. The number of benzene rings is 2. The summed E-state index contributed by atoms with van der Waals surface area (Å²) < 4.78 is 5.18. The molecule has 2 nitrogen and oxygen atoms in total. The first-order valence-electron chi connectivity index (χ1n) is 6.97. The molecule has 0 radical (unpaired) electrons. The van der Waals surface area contributed by atoms with Crippen molar-refractivity contribution in [1.29, 1.82) is 0 Å². The average Bonchev–Trinajstić information content (AvgIpc) is 2.43. The third-order valence-electron chi connectivity index (χ3n) is 3.90. The number of nitrogens with two attached hydrogens (primary N) is 1.